The van der Waals surface area contributed by atoms with Crippen LogP contribution < -0.4 is 88.4 Å². The highest BCUT2D eigenvalue weighted by atomic mass is 16.3. The van der Waals surface area contributed by atoms with E-state index in [1.54, 1.807) is 0 Å². The summed E-state index contributed by atoms with van der Waals surface area (Å²) in [5, 5.41) is 50.7. The van der Waals surface area contributed by atoms with Gasteiger partial charge in [0.2, 0.25) is 65.0 Å². The first-order valence-electron chi connectivity index (χ1n) is 27.2. The second-order valence-corrected chi connectivity index (χ2v) is 20.3. The predicted octanol–water partition coefficient (Wildman–Crippen LogP) is -9.47. The molecule has 34 heteroatoms. The first kappa shape index (κ1) is 75.5. The number of unbranched alkanes of at least 4 members (excludes halogenated alkanes) is 2. The highest BCUT2D eigenvalue weighted by molar-refractivity contribution is 5.99. The molecule has 83 heavy (non-hydrogen) atoms. The van der Waals surface area contributed by atoms with E-state index in [1.165, 1.54) is 27.8 Å². The molecule has 27 N–H and O–H groups in total. The Labute approximate surface area is 483 Å². The number of primary amides is 2. The van der Waals surface area contributed by atoms with Gasteiger partial charge in [-0.2, -0.15) is 0 Å². The molecule has 34 nitrogen and oxygen atoms in total. The Morgan fingerprint density at radius 1 is 0.482 bits per heavy atom. The van der Waals surface area contributed by atoms with E-state index < -0.39 is 157 Å². The fourth-order valence-corrected chi connectivity index (χ4v) is 7.79. The molecule has 0 radical (unpaired) electrons. The molecular weight excluding hydrogens is 1090 g/mol. The van der Waals surface area contributed by atoms with Crippen molar-refractivity contribution in [3.8, 4) is 0 Å². The van der Waals surface area contributed by atoms with Gasteiger partial charge in [0.15, 0.2) is 11.9 Å². The molecule has 0 spiro atoms. The van der Waals surface area contributed by atoms with E-state index in [1.807, 2.05) is 19.0 Å². The van der Waals surface area contributed by atoms with Crippen molar-refractivity contribution in [2.75, 3.05) is 53.9 Å². The number of likely N-dealkylation sites (N-methyl/N-ethyl adjacent to an activating group) is 1. The normalized spacial score (nSPS) is 15.4. The Hall–Kier alpha value is -7.53. The number of nitrogens with two attached hydrogens (primary N) is 8. The molecule has 0 aliphatic carbocycles. The molecule has 0 aromatic carbocycles. The van der Waals surface area contributed by atoms with Crippen molar-refractivity contribution in [3.63, 3.8) is 0 Å². The summed E-state index contributed by atoms with van der Waals surface area (Å²) in [6, 6.07) is -14.7. The van der Waals surface area contributed by atoms with Crippen LogP contribution in [0.15, 0.2) is 9.98 Å². The van der Waals surface area contributed by atoms with Gasteiger partial charge in [0.25, 0.3) is 0 Å². The number of aliphatic hydroxyl groups excluding tert-OH is 3. The molecule has 0 aliphatic rings. The number of carbonyl (C=O) groups is 11. The number of guanidine groups is 2. The molecule has 0 bridgehead atoms. The van der Waals surface area contributed by atoms with Gasteiger partial charge >= 0.3 is 0 Å². The average Bonchev–Trinajstić information content (AvgIpc) is 3.41. The monoisotopic (exact) mass is 1190 g/mol. The summed E-state index contributed by atoms with van der Waals surface area (Å²) in [4.78, 5) is 158. The van der Waals surface area contributed by atoms with Crippen molar-refractivity contribution < 1.29 is 68.1 Å². The summed E-state index contributed by atoms with van der Waals surface area (Å²) in [6.07, 6.45) is -2.55. The van der Waals surface area contributed by atoms with Crippen LogP contribution >= 0.6 is 0 Å². The Morgan fingerprint density at radius 3 is 1.34 bits per heavy atom. The number of hydrogen-bond donors (Lipinski definition) is 19. The SMILES string of the molecule is C[C@H](N)C(=O)N[C@@H](CCCN=C(N)N)C(=O)N[C@H](C(=O)N(C)[C@@H](CCCCN(C)C)C(=O)N[C@@H](CCC(N)=O)C(=O)N[C@H](C(=O)N[C@@H](C)C(=O)N[C@@H](CCCN=C(N)N)C(=O)N[C@@H](CCCCN)C(=O)N[C@@H](CO)C(N)=O)[C@@H](C)O)[C@@H](C)O. The number of aliphatic imine (C=N–C) groups is 2. The Morgan fingerprint density at radius 2 is 0.904 bits per heavy atom. The van der Waals surface area contributed by atoms with Gasteiger partial charge < -0.3 is 114 Å². The summed E-state index contributed by atoms with van der Waals surface area (Å²) in [5.41, 5.74) is 43.7. The van der Waals surface area contributed by atoms with Gasteiger partial charge in [-0.15, -0.1) is 0 Å². The van der Waals surface area contributed by atoms with Crippen molar-refractivity contribution in [1.29, 1.82) is 0 Å². The highest BCUT2D eigenvalue weighted by Gasteiger charge is 2.39. The molecule has 12 atom stereocenters. The highest BCUT2D eigenvalue weighted by Crippen LogP contribution is 2.15. The van der Waals surface area contributed by atoms with E-state index in [0.29, 0.717) is 32.2 Å². The summed E-state index contributed by atoms with van der Waals surface area (Å²) in [5.74, 6) is -11.0. The van der Waals surface area contributed by atoms with E-state index in [4.69, 9.17) is 45.9 Å². The zero-order valence-corrected chi connectivity index (χ0v) is 48.7. The van der Waals surface area contributed by atoms with E-state index in [-0.39, 0.29) is 70.1 Å². The standard InChI is InChI=1S/C49H94N20O14/c1-25(51)39(75)61-31(16-13-22-59-49(56)57)43(79)67-37(28(4)72)47(83)69(7)34(17-9-11-23-68(5)6)45(81)64-32(18-19-35(52)73)44(80)66-36(27(3)71)46(82)60-26(2)40(76)62-30(15-12-21-58-48(54)55)41(77)63-29(14-8-10-20-50)42(78)65-33(24-70)38(53)74/h25-34,36-37,70-72H,8-24,50-51H2,1-7H3,(H2,52,73)(H2,53,74)(H,60,82)(H,61,75)(H,62,76)(H,63,77)(H,64,81)(H,65,78)(H,66,80)(H,67,79)(H4,54,55,58)(H4,56,57,59)/t25-,26-,27+,28+,29-,30-,31-,32-,33-,34-,36-,37-/m0/s1. The van der Waals surface area contributed by atoms with Crippen LogP contribution in [-0.4, -0.2) is 229 Å². The molecule has 11 amide bonds. The second kappa shape index (κ2) is 39.8. The van der Waals surface area contributed by atoms with Crippen LogP contribution in [0.4, 0.5) is 0 Å². The van der Waals surface area contributed by atoms with Gasteiger partial charge in [-0.1, -0.05) is 0 Å². The van der Waals surface area contributed by atoms with Gasteiger partial charge in [-0.25, -0.2) is 0 Å². The number of amides is 11. The minimum Gasteiger partial charge on any atom is -0.394 e. The lowest BCUT2D eigenvalue weighted by Crippen LogP contribution is -2.62. The molecule has 0 rings (SSSR count). The molecule has 0 fully saturated rings. The largest absolute Gasteiger partial charge is 0.394 e. The molecule has 0 unspecified atom stereocenters. The summed E-state index contributed by atoms with van der Waals surface area (Å²) >= 11 is 0. The fraction of sp³-hybridized carbons (Fsp3) is 0.735. The summed E-state index contributed by atoms with van der Waals surface area (Å²) in [7, 11) is 4.85. The summed E-state index contributed by atoms with van der Waals surface area (Å²) < 4.78 is 0. The van der Waals surface area contributed by atoms with Crippen LogP contribution in [0.5, 0.6) is 0 Å². The van der Waals surface area contributed by atoms with Gasteiger partial charge in [0, 0.05) is 26.6 Å². The molecule has 0 saturated heterocycles. The molecule has 474 valence electrons. The number of carbonyl (C=O) groups excluding carboxylic acids is 11. The number of nitrogens with zero attached hydrogens (tertiary/aromatic N) is 4. The smallest absolute Gasteiger partial charge is 0.248 e. The third-order valence-corrected chi connectivity index (χ3v) is 12.6. The minimum atomic E-state index is -1.85. The number of nitrogens with one attached hydrogen (secondary N) is 8. The zero-order valence-electron chi connectivity index (χ0n) is 48.7. The molecule has 0 aromatic heterocycles. The number of aliphatic hydroxyl groups is 3. The van der Waals surface area contributed by atoms with E-state index in [9.17, 15) is 68.1 Å². The Balaban J connectivity index is 6.85. The van der Waals surface area contributed by atoms with Crippen molar-refractivity contribution in [2.45, 2.75) is 177 Å². The van der Waals surface area contributed by atoms with Crippen LogP contribution in [0.25, 0.3) is 0 Å². The first-order chi connectivity index (χ1) is 38.8. The third-order valence-electron chi connectivity index (χ3n) is 12.6. The van der Waals surface area contributed by atoms with Gasteiger partial charge in [0.05, 0.1) is 24.9 Å². The first-order valence-corrected chi connectivity index (χ1v) is 27.2. The van der Waals surface area contributed by atoms with Gasteiger partial charge in [0.1, 0.15) is 54.4 Å². The van der Waals surface area contributed by atoms with Crippen LogP contribution in [0.1, 0.15) is 105 Å². The lowest BCUT2D eigenvalue weighted by atomic mass is 10.0. The zero-order chi connectivity index (χ0) is 63.7. The van der Waals surface area contributed by atoms with Crippen LogP contribution in [0.3, 0.4) is 0 Å². The van der Waals surface area contributed by atoms with Crippen LogP contribution in [0.2, 0.25) is 0 Å². The van der Waals surface area contributed by atoms with E-state index in [0.717, 1.165) is 11.8 Å². The Kier molecular flexibility index (Phi) is 36.2. The fourth-order valence-electron chi connectivity index (χ4n) is 7.79. The van der Waals surface area contributed by atoms with Crippen molar-refractivity contribution >= 4 is 76.9 Å². The summed E-state index contributed by atoms with van der Waals surface area (Å²) in [6.45, 7) is 4.96. The molecule has 0 aliphatic heterocycles. The maximum absolute atomic E-state index is 14.4. The lowest BCUT2D eigenvalue weighted by Gasteiger charge is -2.33. The number of rotatable bonds is 42. The third kappa shape index (κ3) is 30.4. The van der Waals surface area contributed by atoms with Crippen molar-refractivity contribution in [1.82, 2.24) is 52.3 Å². The molecule has 0 aromatic rings. The molecular formula is C49H94N20O14. The molecule has 0 saturated carbocycles. The second-order valence-electron chi connectivity index (χ2n) is 20.3. The molecule has 0 heterocycles. The quantitative estimate of drug-likeness (QED) is 0.0153. The van der Waals surface area contributed by atoms with Crippen molar-refractivity contribution in [2.24, 2.45) is 55.9 Å². The average molecular weight is 1190 g/mol. The maximum atomic E-state index is 14.4. The van der Waals surface area contributed by atoms with Crippen LogP contribution in [-0.2, 0) is 52.7 Å². The van der Waals surface area contributed by atoms with Gasteiger partial charge in [-0.3, -0.25) is 62.7 Å². The van der Waals surface area contributed by atoms with E-state index >= 15 is 0 Å². The lowest BCUT2D eigenvalue weighted by molar-refractivity contribution is -0.145. The van der Waals surface area contributed by atoms with Crippen LogP contribution in [0, 0.1) is 0 Å². The minimum absolute atomic E-state index is 0.00166. The Bertz CT molecular complexity index is 2190. The van der Waals surface area contributed by atoms with Crippen molar-refractivity contribution in [3.05, 3.63) is 0 Å². The topological polar surface area (TPSA) is 584 Å². The van der Waals surface area contributed by atoms with Gasteiger partial charge in [-0.05, 0) is 126 Å². The number of hydrogen-bond acceptors (Lipinski definition) is 19. The van der Waals surface area contributed by atoms with E-state index in [2.05, 4.69) is 52.5 Å². The predicted molar refractivity (Wildman–Crippen MR) is 305 cm³/mol. The maximum Gasteiger partial charge on any atom is 0.248 e.